The Kier molecular flexibility index (Phi) is 6.14. The van der Waals surface area contributed by atoms with Crippen LogP contribution >= 0.6 is 12.4 Å². The highest BCUT2D eigenvalue weighted by molar-refractivity contribution is 7.89. The van der Waals surface area contributed by atoms with Crippen LogP contribution in [0.1, 0.15) is 42.1 Å². The van der Waals surface area contributed by atoms with Crippen molar-refractivity contribution in [3.63, 3.8) is 0 Å². The molecule has 7 nitrogen and oxygen atoms in total. The molecule has 2 heterocycles. The number of hydrogen-bond donors (Lipinski definition) is 1. The van der Waals surface area contributed by atoms with Crippen molar-refractivity contribution < 1.29 is 22.4 Å². The predicted molar refractivity (Wildman–Crippen MR) is 91.9 cm³/mol. The monoisotopic (exact) mass is 380 g/mol. The SMILES string of the molecule is COC(=O)c1c(C)oc(C)c1S(=O)(=O)N1CCC(N)C(C)(C)C1.Cl. The van der Waals surface area contributed by atoms with Gasteiger partial charge in [-0.2, -0.15) is 4.31 Å². The second-order valence-electron chi connectivity index (χ2n) is 6.63. The number of aryl methyl sites for hydroxylation is 2. The van der Waals surface area contributed by atoms with E-state index in [1.165, 1.54) is 18.3 Å². The molecule has 1 aliphatic heterocycles. The average molecular weight is 381 g/mol. The maximum atomic E-state index is 13.1. The van der Waals surface area contributed by atoms with Crippen LogP contribution in [-0.2, 0) is 14.8 Å². The van der Waals surface area contributed by atoms with Crippen molar-refractivity contribution in [2.75, 3.05) is 20.2 Å². The Balaban J connectivity index is 0.00000288. The number of carbonyl (C=O) groups excluding carboxylic acids is 1. The normalized spacial score (nSPS) is 21.2. The number of sulfonamides is 1. The van der Waals surface area contributed by atoms with E-state index in [0.717, 1.165) is 0 Å². The third kappa shape index (κ3) is 3.46. The van der Waals surface area contributed by atoms with Gasteiger partial charge in [-0.05, 0) is 25.7 Å². The molecule has 2 rings (SSSR count). The maximum Gasteiger partial charge on any atom is 0.342 e. The molecule has 1 saturated heterocycles. The Labute approximate surface area is 149 Å². The van der Waals surface area contributed by atoms with E-state index in [9.17, 15) is 13.2 Å². The van der Waals surface area contributed by atoms with Gasteiger partial charge in [0.05, 0.1) is 7.11 Å². The molecule has 0 aliphatic carbocycles. The number of nitrogens with two attached hydrogens (primary N) is 1. The lowest BCUT2D eigenvalue weighted by Gasteiger charge is -2.41. The average Bonchev–Trinajstić information content (AvgIpc) is 2.76. The summed E-state index contributed by atoms with van der Waals surface area (Å²) in [6.07, 6.45) is 0.565. The largest absolute Gasteiger partial charge is 0.465 e. The van der Waals surface area contributed by atoms with E-state index in [-0.39, 0.29) is 45.8 Å². The zero-order valence-electron chi connectivity index (χ0n) is 14.6. The van der Waals surface area contributed by atoms with Gasteiger partial charge < -0.3 is 14.9 Å². The molecule has 138 valence electrons. The van der Waals surface area contributed by atoms with E-state index in [0.29, 0.717) is 19.5 Å². The van der Waals surface area contributed by atoms with Crippen molar-refractivity contribution >= 4 is 28.4 Å². The summed E-state index contributed by atoms with van der Waals surface area (Å²) in [6, 6.07) is -0.0683. The standard InChI is InChI=1S/C15H24N2O5S.ClH/c1-9-12(14(18)21-5)13(10(2)22-9)23(19,20)17-7-6-11(16)15(3,4)8-17;/h11H,6-8,16H2,1-5H3;1H. The molecule has 1 aliphatic rings. The molecule has 1 aromatic heterocycles. The number of methoxy groups -OCH3 is 1. The van der Waals surface area contributed by atoms with Crippen LogP contribution in [0.15, 0.2) is 9.31 Å². The molecule has 0 amide bonds. The fourth-order valence-corrected chi connectivity index (χ4v) is 4.97. The Morgan fingerprint density at radius 2 is 1.92 bits per heavy atom. The molecule has 1 atom stereocenters. The second-order valence-corrected chi connectivity index (χ2v) is 8.51. The summed E-state index contributed by atoms with van der Waals surface area (Å²) >= 11 is 0. The summed E-state index contributed by atoms with van der Waals surface area (Å²) in [5.41, 5.74) is 5.70. The van der Waals surface area contributed by atoms with Gasteiger partial charge in [0.2, 0.25) is 10.0 Å². The molecule has 0 bridgehead atoms. The van der Waals surface area contributed by atoms with Crippen LogP contribution in [0.3, 0.4) is 0 Å². The van der Waals surface area contributed by atoms with Crippen LogP contribution in [-0.4, -0.2) is 44.9 Å². The first-order valence-electron chi connectivity index (χ1n) is 7.46. The smallest absolute Gasteiger partial charge is 0.342 e. The maximum absolute atomic E-state index is 13.1. The molecular weight excluding hydrogens is 356 g/mol. The summed E-state index contributed by atoms with van der Waals surface area (Å²) < 4.78 is 37.6. The minimum absolute atomic E-state index is 0. The van der Waals surface area contributed by atoms with Gasteiger partial charge in [-0.25, -0.2) is 13.2 Å². The quantitative estimate of drug-likeness (QED) is 0.802. The molecule has 1 aromatic rings. The highest BCUT2D eigenvalue weighted by Crippen LogP contribution is 2.35. The molecule has 1 fully saturated rings. The van der Waals surface area contributed by atoms with Gasteiger partial charge in [0.1, 0.15) is 22.0 Å². The van der Waals surface area contributed by atoms with Gasteiger partial charge >= 0.3 is 5.97 Å². The summed E-state index contributed by atoms with van der Waals surface area (Å²) in [5, 5.41) is 0. The number of esters is 1. The Bertz CT molecular complexity index is 726. The highest BCUT2D eigenvalue weighted by atomic mass is 35.5. The van der Waals surface area contributed by atoms with E-state index in [2.05, 4.69) is 0 Å². The van der Waals surface area contributed by atoms with Gasteiger partial charge in [-0.15, -0.1) is 12.4 Å². The van der Waals surface area contributed by atoms with Crippen LogP contribution in [0.2, 0.25) is 0 Å². The third-order valence-corrected chi connectivity index (χ3v) is 6.47. The predicted octanol–water partition coefficient (Wildman–Crippen LogP) is 1.85. The number of furan rings is 1. The lowest BCUT2D eigenvalue weighted by molar-refractivity contribution is 0.0594. The molecule has 0 saturated carbocycles. The van der Waals surface area contributed by atoms with Crippen molar-refractivity contribution in [1.29, 1.82) is 0 Å². The van der Waals surface area contributed by atoms with Gasteiger partial charge in [0.25, 0.3) is 0 Å². The van der Waals surface area contributed by atoms with Crippen LogP contribution in [0.25, 0.3) is 0 Å². The molecule has 2 N–H and O–H groups in total. The lowest BCUT2D eigenvalue weighted by Crippen LogP contribution is -2.54. The number of piperidine rings is 1. The Morgan fingerprint density at radius 3 is 2.42 bits per heavy atom. The van der Waals surface area contributed by atoms with Crippen LogP contribution in [0.5, 0.6) is 0 Å². The number of rotatable bonds is 3. The van der Waals surface area contributed by atoms with Crippen molar-refractivity contribution in [2.24, 2.45) is 11.1 Å². The van der Waals surface area contributed by atoms with E-state index in [1.807, 2.05) is 13.8 Å². The van der Waals surface area contributed by atoms with Gasteiger partial charge in [-0.1, -0.05) is 13.8 Å². The fourth-order valence-electron chi connectivity index (χ4n) is 2.97. The molecule has 1 unspecified atom stereocenters. The number of halogens is 1. The molecule has 9 heteroatoms. The molecule has 0 aromatic carbocycles. The summed E-state index contributed by atoms with van der Waals surface area (Å²) in [6.45, 7) is 7.57. The fraction of sp³-hybridized carbons (Fsp3) is 0.667. The summed E-state index contributed by atoms with van der Waals surface area (Å²) in [7, 11) is -2.66. The second kappa shape index (κ2) is 7.03. The first-order chi connectivity index (χ1) is 10.5. The minimum Gasteiger partial charge on any atom is -0.465 e. The van der Waals surface area contributed by atoms with Gasteiger partial charge in [0.15, 0.2) is 0 Å². The molecule has 0 radical (unpaired) electrons. The Morgan fingerprint density at radius 1 is 1.33 bits per heavy atom. The molecule has 24 heavy (non-hydrogen) atoms. The van der Waals surface area contributed by atoms with Gasteiger partial charge in [-0.3, -0.25) is 0 Å². The van der Waals surface area contributed by atoms with Crippen molar-refractivity contribution in [2.45, 2.75) is 45.1 Å². The first kappa shape index (κ1) is 21.0. The lowest BCUT2D eigenvalue weighted by atomic mass is 9.81. The summed E-state index contributed by atoms with van der Waals surface area (Å²) in [4.78, 5) is 11.9. The van der Waals surface area contributed by atoms with Crippen molar-refractivity contribution in [3.8, 4) is 0 Å². The van der Waals surface area contributed by atoms with E-state index < -0.39 is 16.0 Å². The van der Waals surface area contributed by atoms with Crippen LogP contribution in [0.4, 0.5) is 0 Å². The molecule has 0 spiro atoms. The number of hydrogen-bond acceptors (Lipinski definition) is 6. The topological polar surface area (TPSA) is 103 Å². The number of nitrogens with zero attached hydrogens (tertiary/aromatic N) is 1. The van der Waals surface area contributed by atoms with Crippen molar-refractivity contribution in [3.05, 3.63) is 17.1 Å². The highest BCUT2D eigenvalue weighted by Gasteiger charge is 2.42. The third-order valence-electron chi connectivity index (χ3n) is 4.47. The van der Waals surface area contributed by atoms with E-state index in [4.69, 9.17) is 14.9 Å². The zero-order chi connectivity index (χ0) is 17.6. The van der Waals surface area contributed by atoms with Crippen molar-refractivity contribution in [1.82, 2.24) is 4.31 Å². The van der Waals surface area contributed by atoms with Crippen LogP contribution < -0.4 is 5.73 Å². The summed E-state index contributed by atoms with van der Waals surface area (Å²) in [5.74, 6) is -0.289. The number of ether oxygens (including phenoxy) is 1. The Hall–Kier alpha value is -1.09. The minimum atomic E-state index is -3.87. The first-order valence-corrected chi connectivity index (χ1v) is 8.90. The van der Waals surface area contributed by atoms with E-state index >= 15 is 0 Å². The number of carbonyl (C=O) groups is 1. The van der Waals surface area contributed by atoms with E-state index in [1.54, 1.807) is 6.92 Å². The van der Waals surface area contributed by atoms with Crippen LogP contribution in [0, 0.1) is 19.3 Å². The zero-order valence-corrected chi connectivity index (χ0v) is 16.2. The van der Waals surface area contributed by atoms with Gasteiger partial charge in [0, 0.05) is 19.1 Å². The molecular formula is C15H25ClN2O5S.